The van der Waals surface area contributed by atoms with Crippen molar-refractivity contribution in [1.82, 2.24) is 5.32 Å². The summed E-state index contributed by atoms with van der Waals surface area (Å²) < 4.78 is 9.86. The van der Waals surface area contributed by atoms with E-state index in [4.69, 9.17) is 4.42 Å². The Morgan fingerprint density at radius 1 is 1.30 bits per heavy atom. The van der Waals surface area contributed by atoms with Gasteiger partial charge in [-0.1, -0.05) is 12.1 Å². The Labute approximate surface area is 132 Å². The molecular weight excluding hydrogens is 298 g/mol. The van der Waals surface area contributed by atoms with E-state index in [9.17, 15) is 14.4 Å². The van der Waals surface area contributed by atoms with E-state index in [1.54, 1.807) is 24.3 Å². The topological polar surface area (TPSA) is 85.6 Å². The van der Waals surface area contributed by atoms with Gasteiger partial charge in [0.25, 0.3) is 0 Å². The molecule has 1 heterocycles. The smallest absolute Gasteiger partial charge is 0.305 e. The van der Waals surface area contributed by atoms with Crippen LogP contribution in [0.5, 0.6) is 0 Å². The Kier molecular flexibility index (Phi) is 5.68. The zero-order chi connectivity index (χ0) is 16.7. The maximum Gasteiger partial charge on any atom is 0.305 e. The van der Waals surface area contributed by atoms with Crippen LogP contribution in [-0.2, 0) is 14.3 Å². The molecule has 23 heavy (non-hydrogen) atoms. The fraction of sp³-hybridized carbons (Fsp3) is 0.235. The number of carbonyl (C=O) groups is 2. The Morgan fingerprint density at radius 3 is 2.87 bits per heavy atom. The summed E-state index contributed by atoms with van der Waals surface area (Å²) in [5.74, 6) is -0.661. The zero-order valence-corrected chi connectivity index (χ0v) is 12.7. The van der Waals surface area contributed by atoms with Crippen molar-refractivity contribution in [2.75, 3.05) is 13.7 Å². The largest absolute Gasteiger partial charge is 0.469 e. The Balaban J connectivity index is 1.95. The van der Waals surface area contributed by atoms with Gasteiger partial charge >= 0.3 is 5.97 Å². The molecule has 0 saturated carbocycles. The van der Waals surface area contributed by atoms with Gasteiger partial charge in [-0.05, 0) is 24.6 Å². The lowest BCUT2D eigenvalue weighted by molar-refractivity contribution is -0.140. The van der Waals surface area contributed by atoms with Crippen molar-refractivity contribution < 1.29 is 18.7 Å². The standard InChI is InChI=1S/C17H17NO5/c1-22-16(20)7-4-10-18-15(19)9-8-12-11-23-14-6-3-2-5-13(14)17(12)21/h2-3,5-6,8-9,11H,4,7,10H2,1H3,(H,18,19)/b9-8+. The highest BCUT2D eigenvalue weighted by Crippen LogP contribution is 2.11. The molecule has 1 aromatic carbocycles. The van der Waals surface area contributed by atoms with Gasteiger partial charge in [-0.2, -0.15) is 0 Å². The molecular formula is C17H17NO5. The maximum atomic E-state index is 12.2. The molecule has 2 rings (SSSR count). The fourth-order valence-corrected chi connectivity index (χ4v) is 1.98. The third-order valence-corrected chi connectivity index (χ3v) is 3.21. The van der Waals surface area contributed by atoms with E-state index in [1.807, 2.05) is 0 Å². The lowest BCUT2D eigenvalue weighted by atomic mass is 10.1. The Hall–Kier alpha value is -2.89. The minimum atomic E-state index is -0.345. The van der Waals surface area contributed by atoms with Crippen LogP contribution in [0.25, 0.3) is 17.0 Å². The molecule has 1 amide bonds. The van der Waals surface area contributed by atoms with E-state index in [0.717, 1.165) is 0 Å². The molecule has 120 valence electrons. The molecule has 1 aromatic heterocycles. The molecule has 6 nitrogen and oxygen atoms in total. The van der Waals surface area contributed by atoms with Gasteiger partial charge in [0.1, 0.15) is 11.8 Å². The third-order valence-electron chi connectivity index (χ3n) is 3.21. The van der Waals surface area contributed by atoms with Crippen LogP contribution in [0.1, 0.15) is 18.4 Å². The molecule has 0 aliphatic heterocycles. The number of nitrogens with one attached hydrogen (secondary N) is 1. The van der Waals surface area contributed by atoms with Crippen molar-refractivity contribution in [2.45, 2.75) is 12.8 Å². The first-order valence-electron chi connectivity index (χ1n) is 7.15. The molecule has 0 radical (unpaired) electrons. The minimum Gasteiger partial charge on any atom is -0.469 e. The monoisotopic (exact) mass is 315 g/mol. The number of hydrogen-bond donors (Lipinski definition) is 1. The number of para-hydroxylation sites is 1. The van der Waals surface area contributed by atoms with Gasteiger partial charge in [-0.25, -0.2) is 0 Å². The number of amides is 1. The average molecular weight is 315 g/mol. The van der Waals surface area contributed by atoms with Crippen molar-refractivity contribution in [1.29, 1.82) is 0 Å². The second kappa shape index (κ2) is 7.93. The Bertz CT molecular complexity index is 791. The van der Waals surface area contributed by atoms with Gasteiger partial charge in [0.05, 0.1) is 18.1 Å². The summed E-state index contributed by atoms with van der Waals surface area (Å²) in [6.07, 6.45) is 4.73. The highest BCUT2D eigenvalue weighted by atomic mass is 16.5. The number of rotatable bonds is 6. The molecule has 0 bridgehead atoms. The van der Waals surface area contributed by atoms with Gasteiger partial charge in [0, 0.05) is 19.0 Å². The van der Waals surface area contributed by atoms with Crippen LogP contribution < -0.4 is 10.7 Å². The van der Waals surface area contributed by atoms with Crippen LogP contribution in [0.3, 0.4) is 0 Å². The van der Waals surface area contributed by atoms with Crippen molar-refractivity contribution in [3.05, 3.63) is 52.4 Å². The first kappa shape index (κ1) is 16.5. The molecule has 0 aliphatic rings. The third kappa shape index (κ3) is 4.54. The normalized spacial score (nSPS) is 10.8. The summed E-state index contributed by atoms with van der Waals surface area (Å²) in [7, 11) is 1.32. The molecule has 0 aliphatic carbocycles. The number of ether oxygens (including phenoxy) is 1. The molecule has 0 atom stereocenters. The maximum absolute atomic E-state index is 12.2. The van der Waals surface area contributed by atoms with E-state index in [2.05, 4.69) is 10.1 Å². The van der Waals surface area contributed by atoms with Crippen LogP contribution in [-0.4, -0.2) is 25.5 Å². The number of hydrogen-bond acceptors (Lipinski definition) is 5. The lowest BCUT2D eigenvalue weighted by Crippen LogP contribution is -2.22. The van der Waals surface area contributed by atoms with E-state index >= 15 is 0 Å². The van der Waals surface area contributed by atoms with Crippen LogP contribution >= 0.6 is 0 Å². The van der Waals surface area contributed by atoms with Crippen LogP contribution in [0, 0.1) is 0 Å². The van der Waals surface area contributed by atoms with E-state index in [0.29, 0.717) is 29.5 Å². The van der Waals surface area contributed by atoms with Crippen molar-refractivity contribution >= 4 is 28.9 Å². The first-order valence-corrected chi connectivity index (χ1v) is 7.15. The highest BCUT2D eigenvalue weighted by molar-refractivity contribution is 5.92. The lowest BCUT2D eigenvalue weighted by Gasteiger charge is -2.01. The first-order chi connectivity index (χ1) is 11.1. The van der Waals surface area contributed by atoms with Gasteiger partial charge in [0.2, 0.25) is 5.91 Å². The molecule has 0 saturated heterocycles. The fourth-order valence-electron chi connectivity index (χ4n) is 1.98. The van der Waals surface area contributed by atoms with Crippen LogP contribution in [0.15, 0.2) is 45.8 Å². The molecule has 2 aromatic rings. The molecule has 6 heteroatoms. The van der Waals surface area contributed by atoms with Gasteiger partial charge in [-0.3, -0.25) is 14.4 Å². The van der Waals surface area contributed by atoms with Crippen molar-refractivity contribution in [3.63, 3.8) is 0 Å². The number of esters is 1. The Morgan fingerprint density at radius 2 is 2.09 bits per heavy atom. The summed E-state index contributed by atoms with van der Waals surface area (Å²) in [4.78, 5) is 34.8. The average Bonchev–Trinajstić information content (AvgIpc) is 2.58. The highest BCUT2D eigenvalue weighted by Gasteiger charge is 2.04. The predicted octanol–water partition coefficient (Wildman–Crippen LogP) is 1.88. The summed E-state index contributed by atoms with van der Waals surface area (Å²) in [6.45, 7) is 0.352. The molecule has 0 spiro atoms. The molecule has 0 unspecified atom stereocenters. The summed E-state index contributed by atoms with van der Waals surface area (Å²) >= 11 is 0. The van der Waals surface area contributed by atoms with Crippen molar-refractivity contribution in [2.24, 2.45) is 0 Å². The second-order valence-electron chi connectivity index (χ2n) is 4.82. The number of benzene rings is 1. The zero-order valence-electron chi connectivity index (χ0n) is 12.7. The number of fused-ring (bicyclic) bond motifs is 1. The van der Waals surface area contributed by atoms with Crippen LogP contribution in [0.2, 0.25) is 0 Å². The quantitative estimate of drug-likeness (QED) is 0.500. The van der Waals surface area contributed by atoms with E-state index in [-0.39, 0.29) is 23.7 Å². The van der Waals surface area contributed by atoms with Crippen molar-refractivity contribution in [3.8, 4) is 0 Å². The predicted molar refractivity (Wildman–Crippen MR) is 85.8 cm³/mol. The molecule has 1 N–H and O–H groups in total. The van der Waals surface area contributed by atoms with Gasteiger partial charge < -0.3 is 14.5 Å². The van der Waals surface area contributed by atoms with Crippen LogP contribution in [0.4, 0.5) is 0 Å². The summed E-state index contributed by atoms with van der Waals surface area (Å²) in [6, 6.07) is 6.91. The van der Waals surface area contributed by atoms with Gasteiger partial charge in [0.15, 0.2) is 5.43 Å². The number of carbonyl (C=O) groups excluding carboxylic acids is 2. The van der Waals surface area contributed by atoms with E-state index < -0.39 is 0 Å². The summed E-state index contributed by atoms with van der Waals surface area (Å²) in [5, 5.41) is 3.09. The molecule has 0 fully saturated rings. The van der Waals surface area contributed by atoms with Gasteiger partial charge in [-0.15, -0.1) is 0 Å². The van der Waals surface area contributed by atoms with E-state index in [1.165, 1.54) is 25.5 Å². The second-order valence-corrected chi connectivity index (χ2v) is 4.82. The SMILES string of the molecule is COC(=O)CCCNC(=O)/C=C/c1coc2ccccc2c1=O. The minimum absolute atomic E-state index is 0.193. The summed E-state index contributed by atoms with van der Waals surface area (Å²) in [5.41, 5.74) is 0.608. The number of methoxy groups -OCH3 is 1.